The van der Waals surface area contributed by atoms with Gasteiger partial charge in [0.1, 0.15) is 16.7 Å². The molecule has 0 saturated carbocycles. The molecule has 0 spiro atoms. The lowest BCUT2D eigenvalue weighted by atomic mass is 10.1. The van der Waals surface area contributed by atoms with Gasteiger partial charge in [-0.25, -0.2) is 4.98 Å². The van der Waals surface area contributed by atoms with Crippen LogP contribution < -0.4 is 16.4 Å². The highest BCUT2D eigenvalue weighted by Gasteiger charge is 2.27. The van der Waals surface area contributed by atoms with Crippen molar-refractivity contribution < 1.29 is 9.59 Å². The Balaban J connectivity index is 2.04. The second-order valence-corrected chi connectivity index (χ2v) is 7.72. The van der Waals surface area contributed by atoms with Crippen LogP contribution in [0.1, 0.15) is 22.2 Å². The summed E-state index contributed by atoms with van der Waals surface area (Å²) < 4.78 is 0.900. The number of aromatic nitrogens is 1. The third-order valence-corrected chi connectivity index (χ3v) is 5.59. The summed E-state index contributed by atoms with van der Waals surface area (Å²) in [6.07, 6.45) is 0. The number of thiazole rings is 1. The van der Waals surface area contributed by atoms with E-state index in [1.807, 2.05) is 30.3 Å². The maximum absolute atomic E-state index is 12.8. The Morgan fingerprint density at radius 2 is 1.74 bits per heavy atom. The molecule has 0 bridgehead atoms. The molecule has 0 aliphatic rings. The topological polar surface area (TPSA) is 102 Å². The highest BCUT2D eigenvalue weighted by Crippen LogP contribution is 2.36. The molecule has 4 N–H and O–H groups in total. The number of amides is 1. The van der Waals surface area contributed by atoms with Crippen LogP contribution in [-0.4, -0.2) is 22.7 Å². The molecule has 0 aliphatic carbocycles. The second-order valence-electron chi connectivity index (χ2n) is 5.83. The van der Waals surface area contributed by atoms with Gasteiger partial charge in [0.15, 0.2) is 5.13 Å². The number of benzene rings is 2. The van der Waals surface area contributed by atoms with E-state index < -0.39 is 11.9 Å². The standard InChI is InChI=1S/C19H17BrN4O2S/c1-11(18(22)26)24(14-9-7-13(20)8-10-14)19-23-17(21)16(27-19)15(25)12-5-3-2-4-6-12/h2-11H,21H2,1H3,(H2,22,26). The first-order valence-electron chi connectivity index (χ1n) is 8.08. The minimum atomic E-state index is -0.670. The summed E-state index contributed by atoms with van der Waals surface area (Å²) in [6, 6.07) is 15.5. The first-order valence-corrected chi connectivity index (χ1v) is 9.69. The number of primary amides is 1. The highest BCUT2D eigenvalue weighted by atomic mass is 79.9. The van der Waals surface area contributed by atoms with Crippen LogP contribution in [0.25, 0.3) is 0 Å². The van der Waals surface area contributed by atoms with E-state index in [1.165, 1.54) is 0 Å². The van der Waals surface area contributed by atoms with Gasteiger partial charge in [-0.1, -0.05) is 57.6 Å². The zero-order valence-corrected chi connectivity index (χ0v) is 16.8. The van der Waals surface area contributed by atoms with Gasteiger partial charge in [0.05, 0.1) is 0 Å². The third kappa shape index (κ3) is 4.01. The van der Waals surface area contributed by atoms with E-state index in [4.69, 9.17) is 11.5 Å². The maximum Gasteiger partial charge on any atom is 0.240 e. The number of carbonyl (C=O) groups excluding carboxylic acids is 2. The Labute approximate surface area is 168 Å². The van der Waals surface area contributed by atoms with Crippen LogP contribution in [0.15, 0.2) is 59.1 Å². The van der Waals surface area contributed by atoms with Gasteiger partial charge in [0.2, 0.25) is 11.7 Å². The van der Waals surface area contributed by atoms with Gasteiger partial charge in [-0.2, -0.15) is 0 Å². The van der Waals surface area contributed by atoms with Crippen LogP contribution in [0, 0.1) is 0 Å². The Morgan fingerprint density at radius 3 is 2.33 bits per heavy atom. The summed E-state index contributed by atoms with van der Waals surface area (Å²) in [4.78, 5) is 31.0. The molecule has 8 heteroatoms. The molecule has 1 atom stereocenters. The predicted molar refractivity (Wildman–Crippen MR) is 111 cm³/mol. The van der Waals surface area contributed by atoms with Crippen LogP contribution in [0.5, 0.6) is 0 Å². The SMILES string of the molecule is CC(C(N)=O)N(c1ccc(Br)cc1)c1nc(N)c(C(=O)c2ccccc2)s1. The van der Waals surface area contributed by atoms with Crippen molar-refractivity contribution in [3.05, 3.63) is 69.5 Å². The van der Waals surface area contributed by atoms with Gasteiger partial charge in [0, 0.05) is 15.7 Å². The molecule has 1 aromatic heterocycles. The minimum absolute atomic E-state index is 0.127. The number of halogens is 1. The molecule has 3 rings (SSSR count). The molecular formula is C19H17BrN4O2S. The highest BCUT2D eigenvalue weighted by molar-refractivity contribution is 9.10. The molecule has 1 unspecified atom stereocenters. The number of rotatable bonds is 6. The third-order valence-electron chi connectivity index (χ3n) is 3.99. The van der Waals surface area contributed by atoms with Crippen LogP contribution in [0.4, 0.5) is 16.6 Å². The van der Waals surface area contributed by atoms with E-state index in [-0.39, 0.29) is 11.6 Å². The molecule has 3 aromatic rings. The van der Waals surface area contributed by atoms with Crippen LogP contribution in [0.2, 0.25) is 0 Å². The van der Waals surface area contributed by atoms with Crippen molar-refractivity contribution in [3.8, 4) is 0 Å². The molecule has 0 radical (unpaired) electrons. The normalized spacial score (nSPS) is 11.8. The van der Waals surface area contributed by atoms with Crippen molar-refractivity contribution in [2.75, 3.05) is 10.6 Å². The first-order chi connectivity index (χ1) is 12.9. The number of hydrogen-bond donors (Lipinski definition) is 2. The summed E-state index contributed by atoms with van der Waals surface area (Å²) in [7, 11) is 0. The van der Waals surface area contributed by atoms with Gasteiger partial charge in [-0.3, -0.25) is 9.59 Å². The van der Waals surface area contributed by atoms with E-state index in [2.05, 4.69) is 20.9 Å². The minimum Gasteiger partial charge on any atom is -0.382 e. The fourth-order valence-electron chi connectivity index (χ4n) is 2.54. The molecule has 138 valence electrons. The van der Waals surface area contributed by atoms with Crippen molar-refractivity contribution in [2.24, 2.45) is 5.73 Å². The zero-order chi connectivity index (χ0) is 19.6. The van der Waals surface area contributed by atoms with Crippen molar-refractivity contribution in [2.45, 2.75) is 13.0 Å². The molecule has 0 fully saturated rings. The number of anilines is 3. The lowest BCUT2D eigenvalue weighted by Crippen LogP contribution is -2.39. The summed E-state index contributed by atoms with van der Waals surface area (Å²) in [5.41, 5.74) is 12.8. The largest absolute Gasteiger partial charge is 0.382 e. The van der Waals surface area contributed by atoms with Gasteiger partial charge in [-0.15, -0.1) is 0 Å². The van der Waals surface area contributed by atoms with Gasteiger partial charge < -0.3 is 16.4 Å². The molecule has 6 nitrogen and oxygen atoms in total. The average Bonchev–Trinajstić information content (AvgIpc) is 3.04. The number of carbonyl (C=O) groups is 2. The van der Waals surface area contributed by atoms with Gasteiger partial charge in [0.25, 0.3) is 0 Å². The number of nitrogen functional groups attached to an aromatic ring is 1. The van der Waals surface area contributed by atoms with E-state index in [0.29, 0.717) is 15.6 Å². The monoisotopic (exact) mass is 444 g/mol. The van der Waals surface area contributed by atoms with Crippen LogP contribution in [-0.2, 0) is 4.79 Å². The molecule has 1 heterocycles. The second kappa shape index (κ2) is 7.89. The van der Waals surface area contributed by atoms with E-state index in [9.17, 15) is 9.59 Å². The molecule has 0 aliphatic heterocycles. The predicted octanol–water partition coefficient (Wildman–Crippen LogP) is 3.73. The van der Waals surface area contributed by atoms with Gasteiger partial charge in [-0.05, 0) is 31.2 Å². The fraction of sp³-hybridized carbons (Fsp3) is 0.105. The molecular weight excluding hydrogens is 428 g/mol. The first kappa shape index (κ1) is 19.1. The van der Waals surface area contributed by atoms with Crippen molar-refractivity contribution >= 4 is 55.6 Å². The van der Waals surface area contributed by atoms with E-state index in [0.717, 1.165) is 21.5 Å². The quantitative estimate of drug-likeness (QED) is 0.563. The van der Waals surface area contributed by atoms with E-state index >= 15 is 0 Å². The van der Waals surface area contributed by atoms with Crippen molar-refractivity contribution in [1.82, 2.24) is 4.98 Å². The molecule has 1 amide bonds. The lowest BCUT2D eigenvalue weighted by molar-refractivity contribution is -0.118. The fourth-order valence-corrected chi connectivity index (χ4v) is 3.85. The average molecular weight is 445 g/mol. The summed E-state index contributed by atoms with van der Waals surface area (Å²) in [5, 5.41) is 0.431. The van der Waals surface area contributed by atoms with Crippen molar-refractivity contribution in [3.63, 3.8) is 0 Å². The Hall–Kier alpha value is -2.71. The molecule has 2 aromatic carbocycles. The Morgan fingerprint density at radius 1 is 1.11 bits per heavy atom. The van der Waals surface area contributed by atoms with Crippen LogP contribution in [0.3, 0.4) is 0 Å². The maximum atomic E-state index is 12.8. The number of nitrogens with zero attached hydrogens (tertiary/aromatic N) is 2. The lowest BCUT2D eigenvalue weighted by Gasteiger charge is -2.26. The molecule has 0 saturated heterocycles. The molecule has 27 heavy (non-hydrogen) atoms. The number of ketones is 1. The summed E-state index contributed by atoms with van der Waals surface area (Å²) in [5.74, 6) is -0.593. The van der Waals surface area contributed by atoms with Crippen molar-refractivity contribution in [1.29, 1.82) is 0 Å². The number of nitrogens with two attached hydrogens (primary N) is 2. The van der Waals surface area contributed by atoms with Gasteiger partial charge >= 0.3 is 0 Å². The van der Waals surface area contributed by atoms with E-state index in [1.54, 1.807) is 36.1 Å². The summed E-state index contributed by atoms with van der Waals surface area (Å²) >= 11 is 4.53. The summed E-state index contributed by atoms with van der Waals surface area (Å²) in [6.45, 7) is 1.68. The van der Waals surface area contributed by atoms with Crippen LogP contribution >= 0.6 is 27.3 Å². The zero-order valence-electron chi connectivity index (χ0n) is 14.4. The Bertz CT molecular complexity index is 973. The number of hydrogen-bond acceptors (Lipinski definition) is 6. The smallest absolute Gasteiger partial charge is 0.240 e. The Kier molecular flexibility index (Phi) is 5.57.